The number of carbonyl (C=O) groups is 1. The maximum absolute atomic E-state index is 12.5. The minimum atomic E-state index is 0.117. The van der Waals surface area contributed by atoms with E-state index in [1.807, 2.05) is 42.4 Å². The summed E-state index contributed by atoms with van der Waals surface area (Å²) in [5.41, 5.74) is 1.80. The van der Waals surface area contributed by atoms with E-state index in [9.17, 15) is 4.79 Å². The van der Waals surface area contributed by atoms with Crippen molar-refractivity contribution in [2.24, 2.45) is 5.92 Å². The van der Waals surface area contributed by atoms with Crippen LogP contribution in [0.2, 0.25) is 0 Å². The molecule has 3 nitrogen and oxygen atoms in total. The Kier molecular flexibility index (Phi) is 2.62. The van der Waals surface area contributed by atoms with E-state index in [2.05, 4.69) is 11.9 Å². The Morgan fingerprint density at radius 3 is 2.83 bits per heavy atom. The van der Waals surface area contributed by atoms with Crippen molar-refractivity contribution in [1.29, 1.82) is 0 Å². The van der Waals surface area contributed by atoms with Crippen molar-refractivity contribution in [1.82, 2.24) is 9.88 Å². The molecule has 1 fully saturated rings. The first-order valence-corrected chi connectivity index (χ1v) is 6.52. The van der Waals surface area contributed by atoms with Gasteiger partial charge in [0.05, 0.1) is 5.56 Å². The van der Waals surface area contributed by atoms with Gasteiger partial charge in [-0.2, -0.15) is 0 Å². The summed E-state index contributed by atoms with van der Waals surface area (Å²) in [5, 5.41) is 1.01. The van der Waals surface area contributed by atoms with Crippen molar-refractivity contribution in [2.45, 2.75) is 25.8 Å². The number of rotatable bonds is 3. The average molecular weight is 242 g/mol. The van der Waals surface area contributed by atoms with E-state index in [4.69, 9.17) is 0 Å². The van der Waals surface area contributed by atoms with Crippen molar-refractivity contribution >= 4 is 16.8 Å². The highest BCUT2D eigenvalue weighted by Crippen LogP contribution is 2.35. The fourth-order valence-corrected chi connectivity index (χ4v) is 2.52. The zero-order chi connectivity index (χ0) is 12.7. The molecule has 0 saturated heterocycles. The molecule has 0 aliphatic heterocycles. The van der Waals surface area contributed by atoms with Crippen molar-refractivity contribution in [3.8, 4) is 0 Å². The third-order valence-corrected chi connectivity index (χ3v) is 4.06. The number of amides is 1. The van der Waals surface area contributed by atoms with Gasteiger partial charge in [-0.1, -0.05) is 18.2 Å². The first-order chi connectivity index (χ1) is 8.68. The van der Waals surface area contributed by atoms with Crippen molar-refractivity contribution in [3.05, 3.63) is 36.0 Å². The SMILES string of the molecule is CC(C1CC1)N(C)C(=O)c1c[nH]c2ccccc12. The predicted octanol–water partition coefficient (Wildman–Crippen LogP) is 3.04. The van der Waals surface area contributed by atoms with Crippen LogP contribution in [0.5, 0.6) is 0 Å². The summed E-state index contributed by atoms with van der Waals surface area (Å²) in [6.45, 7) is 2.14. The number of hydrogen-bond acceptors (Lipinski definition) is 1. The minimum absolute atomic E-state index is 0.117. The first kappa shape index (κ1) is 11.3. The van der Waals surface area contributed by atoms with Gasteiger partial charge in [0.15, 0.2) is 0 Å². The molecular weight excluding hydrogens is 224 g/mol. The molecule has 1 aliphatic carbocycles. The standard InChI is InChI=1S/C15H18N2O/c1-10(11-7-8-11)17(2)15(18)13-9-16-14-6-4-3-5-12(13)14/h3-6,9-11,16H,7-8H2,1-2H3. The molecule has 1 amide bonds. The zero-order valence-corrected chi connectivity index (χ0v) is 10.8. The minimum Gasteiger partial charge on any atom is -0.360 e. The molecule has 0 bridgehead atoms. The monoisotopic (exact) mass is 242 g/mol. The van der Waals surface area contributed by atoms with E-state index in [0.717, 1.165) is 16.5 Å². The number of aromatic amines is 1. The largest absolute Gasteiger partial charge is 0.360 e. The fraction of sp³-hybridized carbons (Fsp3) is 0.400. The molecule has 0 radical (unpaired) electrons. The van der Waals surface area contributed by atoms with Gasteiger partial charge < -0.3 is 9.88 Å². The zero-order valence-electron chi connectivity index (χ0n) is 10.8. The van der Waals surface area contributed by atoms with E-state index in [1.54, 1.807) is 0 Å². The number of aromatic nitrogens is 1. The van der Waals surface area contributed by atoms with Gasteiger partial charge in [-0.15, -0.1) is 0 Å². The summed E-state index contributed by atoms with van der Waals surface area (Å²) < 4.78 is 0. The molecule has 3 heteroatoms. The molecule has 3 rings (SSSR count). The molecule has 94 valence electrons. The highest BCUT2D eigenvalue weighted by molar-refractivity contribution is 6.06. The quantitative estimate of drug-likeness (QED) is 0.882. The number of hydrogen-bond donors (Lipinski definition) is 1. The fourth-order valence-electron chi connectivity index (χ4n) is 2.52. The molecule has 1 unspecified atom stereocenters. The second-order valence-corrected chi connectivity index (χ2v) is 5.24. The van der Waals surface area contributed by atoms with Gasteiger partial charge in [0.25, 0.3) is 5.91 Å². The van der Waals surface area contributed by atoms with Gasteiger partial charge in [-0.05, 0) is 31.7 Å². The smallest absolute Gasteiger partial charge is 0.256 e. The second kappa shape index (κ2) is 4.16. The van der Waals surface area contributed by atoms with E-state index in [0.29, 0.717) is 12.0 Å². The Bertz CT molecular complexity index is 583. The third kappa shape index (κ3) is 1.80. The number of para-hydroxylation sites is 1. The van der Waals surface area contributed by atoms with Gasteiger partial charge >= 0.3 is 0 Å². The van der Waals surface area contributed by atoms with Gasteiger partial charge in [-0.3, -0.25) is 4.79 Å². The molecule has 0 spiro atoms. The number of benzene rings is 1. The van der Waals surface area contributed by atoms with Crippen LogP contribution < -0.4 is 0 Å². The predicted molar refractivity (Wildman–Crippen MR) is 72.6 cm³/mol. The lowest BCUT2D eigenvalue weighted by atomic mass is 10.1. The molecule has 18 heavy (non-hydrogen) atoms. The molecule has 1 N–H and O–H groups in total. The van der Waals surface area contributed by atoms with Crippen LogP contribution in [-0.2, 0) is 0 Å². The summed E-state index contributed by atoms with van der Waals surface area (Å²) in [6.07, 6.45) is 4.34. The molecule has 1 aliphatic rings. The Morgan fingerprint density at radius 1 is 1.39 bits per heavy atom. The van der Waals surface area contributed by atoms with Gasteiger partial charge in [-0.25, -0.2) is 0 Å². The average Bonchev–Trinajstić information content (AvgIpc) is 3.16. The van der Waals surface area contributed by atoms with Gasteiger partial charge in [0.2, 0.25) is 0 Å². The Balaban J connectivity index is 1.91. The number of carbonyl (C=O) groups excluding carboxylic acids is 1. The van der Waals surface area contributed by atoms with E-state index in [-0.39, 0.29) is 5.91 Å². The van der Waals surface area contributed by atoms with E-state index < -0.39 is 0 Å². The third-order valence-electron chi connectivity index (χ3n) is 4.06. The highest BCUT2D eigenvalue weighted by atomic mass is 16.2. The second-order valence-electron chi connectivity index (χ2n) is 5.24. The maximum Gasteiger partial charge on any atom is 0.256 e. The molecule has 2 aromatic rings. The van der Waals surface area contributed by atoms with E-state index in [1.165, 1.54) is 12.8 Å². The number of H-pyrrole nitrogens is 1. The summed E-state index contributed by atoms with van der Waals surface area (Å²) >= 11 is 0. The molecule has 1 atom stereocenters. The number of nitrogens with one attached hydrogen (secondary N) is 1. The Hall–Kier alpha value is -1.77. The van der Waals surface area contributed by atoms with Crippen molar-refractivity contribution in [3.63, 3.8) is 0 Å². The van der Waals surface area contributed by atoms with Crippen LogP contribution >= 0.6 is 0 Å². The number of fused-ring (bicyclic) bond motifs is 1. The van der Waals surface area contributed by atoms with Crippen molar-refractivity contribution < 1.29 is 4.79 Å². The summed E-state index contributed by atoms with van der Waals surface area (Å²) in [5.74, 6) is 0.816. The molecule has 1 aromatic carbocycles. The van der Waals surface area contributed by atoms with Crippen LogP contribution in [0, 0.1) is 5.92 Å². The summed E-state index contributed by atoms with van der Waals surface area (Å²) in [4.78, 5) is 17.5. The lowest BCUT2D eigenvalue weighted by Gasteiger charge is -2.24. The highest BCUT2D eigenvalue weighted by Gasteiger charge is 2.33. The van der Waals surface area contributed by atoms with Gasteiger partial charge in [0.1, 0.15) is 0 Å². The van der Waals surface area contributed by atoms with Gasteiger partial charge in [0, 0.05) is 30.2 Å². The molecular formula is C15H18N2O. The van der Waals surface area contributed by atoms with Crippen LogP contribution in [0.15, 0.2) is 30.5 Å². The molecule has 1 heterocycles. The summed E-state index contributed by atoms with van der Waals surface area (Å²) in [6, 6.07) is 8.28. The lowest BCUT2D eigenvalue weighted by molar-refractivity contribution is 0.0729. The maximum atomic E-state index is 12.5. The van der Waals surface area contributed by atoms with Crippen LogP contribution in [0.4, 0.5) is 0 Å². The summed E-state index contributed by atoms with van der Waals surface area (Å²) in [7, 11) is 1.91. The first-order valence-electron chi connectivity index (χ1n) is 6.52. The Morgan fingerprint density at radius 2 is 2.11 bits per heavy atom. The van der Waals surface area contributed by atoms with Crippen LogP contribution in [-0.4, -0.2) is 28.9 Å². The molecule has 1 saturated carbocycles. The van der Waals surface area contributed by atoms with Crippen LogP contribution in [0.1, 0.15) is 30.1 Å². The van der Waals surface area contributed by atoms with Crippen molar-refractivity contribution in [2.75, 3.05) is 7.05 Å². The lowest BCUT2D eigenvalue weighted by Crippen LogP contribution is -2.36. The Labute approximate surface area is 107 Å². The molecule has 1 aromatic heterocycles. The normalized spacial score (nSPS) is 16.8. The van der Waals surface area contributed by atoms with Crippen LogP contribution in [0.25, 0.3) is 10.9 Å². The number of nitrogens with zero attached hydrogens (tertiary/aromatic N) is 1. The van der Waals surface area contributed by atoms with E-state index >= 15 is 0 Å². The van der Waals surface area contributed by atoms with Crippen LogP contribution in [0.3, 0.4) is 0 Å². The topological polar surface area (TPSA) is 36.1 Å².